The van der Waals surface area contributed by atoms with Gasteiger partial charge in [0.25, 0.3) is 0 Å². The maximum Gasteiger partial charge on any atom is 0.327 e. The number of carboxylic acids is 1. The van der Waals surface area contributed by atoms with Crippen molar-refractivity contribution >= 4 is 65.9 Å². The van der Waals surface area contributed by atoms with Gasteiger partial charge in [0.2, 0.25) is 47.3 Å². The molecule has 8 atom stereocenters. The van der Waals surface area contributed by atoms with Gasteiger partial charge in [-0.1, -0.05) is 12.1 Å². The number of amides is 8. The number of aliphatic carboxylic acids is 1. The van der Waals surface area contributed by atoms with Gasteiger partial charge in [0.15, 0.2) is 0 Å². The van der Waals surface area contributed by atoms with Crippen molar-refractivity contribution in [3.05, 3.63) is 29.8 Å². The summed E-state index contributed by atoms with van der Waals surface area (Å²) in [7, 11) is 0. The molecular weight excluding hydrogens is 754 g/mol. The van der Waals surface area contributed by atoms with Gasteiger partial charge in [-0.25, -0.2) is 4.79 Å². The highest BCUT2D eigenvalue weighted by Gasteiger charge is 2.34. The number of phenols is 1. The average molecular weight is 802 g/mol. The summed E-state index contributed by atoms with van der Waals surface area (Å²) >= 11 is 3.88. The highest BCUT2D eigenvalue weighted by molar-refractivity contribution is 7.80. The molecule has 0 bridgehead atoms. The Morgan fingerprint density at radius 3 is 1.38 bits per heavy atom. The number of benzene rings is 1. The molecule has 0 aliphatic carbocycles. The average Bonchev–Trinajstić information content (AvgIpc) is 3.13. The first-order valence-electron chi connectivity index (χ1n) is 16.4. The van der Waals surface area contributed by atoms with Gasteiger partial charge in [-0.3, -0.25) is 38.4 Å². The largest absolute Gasteiger partial charge is 0.508 e. The van der Waals surface area contributed by atoms with Gasteiger partial charge in [-0.2, -0.15) is 12.6 Å². The quantitative estimate of drug-likeness (QED) is 0.0457. The Hall–Kier alpha value is -5.56. The fourth-order valence-electron chi connectivity index (χ4n) is 4.32. The molecule has 306 valence electrons. The Balaban J connectivity index is 3.12. The van der Waals surface area contributed by atoms with Crippen molar-refractivity contribution in [2.45, 2.75) is 75.0 Å². The molecule has 0 saturated heterocycles. The van der Waals surface area contributed by atoms with Crippen LogP contribution in [0.5, 0.6) is 5.75 Å². The van der Waals surface area contributed by atoms with Crippen molar-refractivity contribution in [2.24, 2.45) is 11.5 Å². The second-order valence-electron chi connectivity index (χ2n) is 12.0. The number of rotatable bonds is 23. The number of carboxylic acid groups (broad SMARTS) is 1. The van der Waals surface area contributed by atoms with Gasteiger partial charge in [-0.15, -0.1) is 0 Å². The summed E-state index contributed by atoms with van der Waals surface area (Å²) in [5.41, 5.74) is 11.1. The number of hydrogen-bond acceptors (Lipinski definition) is 15. The molecule has 8 amide bonds. The Morgan fingerprint density at radius 1 is 0.600 bits per heavy atom. The zero-order chi connectivity index (χ0) is 42.0. The van der Waals surface area contributed by atoms with Crippen LogP contribution in [0, 0.1) is 0 Å². The predicted octanol–water partition coefficient (Wildman–Crippen LogP) is -7.44. The molecule has 0 aromatic heterocycles. The predicted molar refractivity (Wildman–Crippen MR) is 191 cm³/mol. The number of nitrogens with one attached hydrogen (secondary N) is 7. The molecule has 24 heteroatoms. The van der Waals surface area contributed by atoms with Crippen LogP contribution in [-0.2, 0) is 49.6 Å². The Labute approximate surface area is 319 Å². The van der Waals surface area contributed by atoms with Crippen LogP contribution in [0.4, 0.5) is 0 Å². The van der Waals surface area contributed by atoms with Gasteiger partial charge in [0, 0.05) is 12.2 Å². The third kappa shape index (κ3) is 16.1. The monoisotopic (exact) mass is 801 g/mol. The molecule has 0 aliphatic heterocycles. The van der Waals surface area contributed by atoms with Gasteiger partial charge in [0.1, 0.15) is 48.0 Å². The third-order valence-corrected chi connectivity index (χ3v) is 7.82. The number of thiol groups is 1. The first kappa shape index (κ1) is 47.5. The number of aliphatic hydroxyl groups is 3. The lowest BCUT2D eigenvalue weighted by Crippen LogP contribution is -2.61. The van der Waals surface area contributed by atoms with Crippen LogP contribution in [0.3, 0.4) is 0 Å². The second kappa shape index (κ2) is 23.3. The number of carbonyl (C=O) groups is 9. The van der Waals surface area contributed by atoms with Crippen molar-refractivity contribution in [3.8, 4) is 5.75 Å². The topological polar surface area (TPSA) is 391 Å². The molecule has 1 rings (SSSR count). The van der Waals surface area contributed by atoms with E-state index in [0.717, 1.165) is 0 Å². The fraction of sp³-hybridized carbons (Fsp3) is 0.516. The summed E-state index contributed by atoms with van der Waals surface area (Å²) < 4.78 is 0. The van der Waals surface area contributed by atoms with Crippen molar-refractivity contribution in [2.75, 3.05) is 25.6 Å². The van der Waals surface area contributed by atoms with E-state index in [1.807, 2.05) is 10.6 Å². The van der Waals surface area contributed by atoms with Crippen molar-refractivity contribution in [3.63, 3.8) is 0 Å². The second-order valence-corrected chi connectivity index (χ2v) is 12.4. The number of aliphatic hydroxyl groups excluding tert-OH is 3. The number of primary amides is 1. The minimum Gasteiger partial charge on any atom is -0.508 e. The first-order chi connectivity index (χ1) is 25.8. The van der Waals surface area contributed by atoms with E-state index in [0.29, 0.717) is 5.56 Å². The smallest absolute Gasteiger partial charge is 0.327 e. The normalized spacial score (nSPS) is 15.2. The molecule has 1 aromatic rings. The Kier molecular flexibility index (Phi) is 20.1. The number of nitrogens with two attached hydrogens (primary N) is 2. The maximum atomic E-state index is 13.4. The molecule has 0 spiro atoms. The molecule has 0 saturated carbocycles. The van der Waals surface area contributed by atoms with Crippen molar-refractivity contribution in [1.82, 2.24) is 37.2 Å². The SMILES string of the molecule is C[C@H](N)C(=O)N[C@@H](C)C(=O)N[C@@H](CO)C(=O)N[C@@H](CO)C(=O)N[C@@H](CO)C(=O)N[C@@H](CC(N)=O)C(=O)N[C@@H](Cc1ccc(O)cc1)C(=O)N[C@@H](CS)C(=O)O. The molecule has 0 radical (unpaired) electrons. The number of hydrogen-bond donors (Lipinski definition) is 15. The van der Waals surface area contributed by atoms with Crippen LogP contribution in [0.1, 0.15) is 25.8 Å². The van der Waals surface area contributed by atoms with E-state index in [2.05, 4.69) is 39.2 Å². The summed E-state index contributed by atoms with van der Waals surface area (Å²) in [4.78, 5) is 113. The van der Waals surface area contributed by atoms with E-state index in [1.165, 1.54) is 38.1 Å². The lowest BCUT2D eigenvalue weighted by Gasteiger charge is -2.26. The molecule has 23 nitrogen and oxygen atoms in total. The van der Waals surface area contributed by atoms with Crippen molar-refractivity contribution < 1.29 is 68.7 Å². The number of aromatic hydroxyl groups is 1. The van der Waals surface area contributed by atoms with Gasteiger partial charge in [-0.05, 0) is 31.5 Å². The minimum atomic E-state index is -1.90. The first-order valence-corrected chi connectivity index (χ1v) is 17.0. The number of carbonyl (C=O) groups excluding carboxylic acids is 8. The van der Waals surface area contributed by atoms with Crippen LogP contribution in [0.2, 0.25) is 0 Å². The summed E-state index contributed by atoms with van der Waals surface area (Å²) in [6, 6.07) is -7.07. The highest BCUT2D eigenvalue weighted by Crippen LogP contribution is 2.12. The number of phenolic OH excluding ortho intramolecular Hbond substituents is 1. The van der Waals surface area contributed by atoms with E-state index in [4.69, 9.17) is 11.5 Å². The summed E-state index contributed by atoms with van der Waals surface area (Å²) in [6.45, 7) is -0.613. The molecule has 0 unspecified atom stereocenters. The molecule has 0 heterocycles. The molecular formula is C31H47N9O14S. The standard InChI is InChI=1S/C31H47N9O14S/c1-13(32)24(46)34-14(2)25(47)37-19(9-41)29(51)39-21(11-43)30(52)38-20(10-42)28(50)36-18(8-23(33)45)27(49)35-17(7-15-3-5-16(44)6-4-15)26(48)40-22(12-55)31(53)54/h3-6,13-14,17-22,41-44,55H,7-12,32H2,1-2H3,(H2,33,45)(H,34,46)(H,35,49)(H,36,50)(H,37,47)(H,38,52)(H,39,51)(H,40,48)(H,53,54)/t13-,14-,17-,18-,19-,20-,21-,22-/m0/s1. The summed E-state index contributed by atoms with van der Waals surface area (Å²) in [5.74, 6) is -10.6. The summed E-state index contributed by atoms with van der Waals surface area (Å²) in [5, 5.41) is 63.3. The van der Waals surface area contributed by atoms with E-state index in [1.54, 1.807) is 0 Å². The Morgan fingerprint density at radius 2 is 0.982 bits per heavy atom. The molecule has 55 heavy (non-hydrogen) atoms. The van der Waals surface area contributed by atoms with Gasteiger partial charge in [0.05, 0.1) is 32.3 Å². The van der Waals surface area contributed by atoms with Crippen LogP contribution in [-0.4, -0.2) is 153 Å². The van der Waals surface area contributed by atoms with Crippen LogP contribution in [0.25, 0.3) is 0 Å². The fourth-order valence-corrected chi connectivity index (χ4v) is 4.57. The third-order valence-electron chi connectivity index (χ3n) is 7.46. The zero-order valence-corrected chi connectivity index (χ0v) is 30.6. The van der Waals surface area contributed by atoms with Crippen LogP contribution in [0.15, 0.2) is 24.3 Å². The summed E-state index contributed by atoms with van der Waals surface area (Å²) in [6.07, 6.45) is -1.15. The van der Waals surface area contributed by atoms with E-state index in [9.17, 15) is 68.7 Å². The highest BCUT2D eigenvalue weighted by atomic mass is 32.1. The van der Waals surface area contributed by atoms with Crippen LogP contribution >= 0.6 is 12.6 Å². The van der Waals surface area contributed by atoms with Gasteiger partial charge >= 0.3 is 5.97 Å². The zero-order valence-electron chi connectivity index (χ0n) is 29.7. The molecule has 1 aromatic carbocycles. The minimum absolute atomic E-state index is 0.119. The van der Waals surface area contributed by atoms with Gasteiger partial charge < -0.3 is 74.2 Å². The van der Waals surface area contributed by atoms with Crippen molar-refractivity contribution in [1.29, 1.82) is 0 Å². The van der Waals surface area contributed by atoms with E-state index in [-0.39, 0.29) is 17.9 Å². The maximum absolute atomic E-state index is 13.4. The molecule has 16 N–H and O–H groups in total. The lowest BCUT2D eigenvalue weighted by molar-refractivity contribution is -0.141. The van der Waals surface area contributed by atoms with E-state index < -0.39 is 128 Å². The van der Waals surface area contributed by atoms with E-state index >= 15 is 0 Å². The lowest BCUT2D eigenvalue weighted by atomic mass is 10.0. The Bertz CT molecular complexity index is 1550. The van der Waals surface area contributed by atoms with Crippen LogP contribution < -0.4 is 48.7 Å². The molecule has 0 fully saturated rings. The molecule has 0 aliphatic rings.